The van der Waals surface area contributed by atoms with E-state index in [-0.39, 0.29) is 16.2 Å². The van der Waals surface area contributed by atoms with Crippen molar-refractivity contribution in [1.82, 2.24) is 0 Å². The normalized spacial score (nSPS) is 13.3. The molecule has 0 atom stereocenters. The van der Waals surface area contributed by atoms with Gasteiger partial charge in [0.1, 0.15) is 16.1 Å². The third-order valence-corrected chi connectivity index (χ3v) is 9.42. The van der Waals surface area contributed by atoms with Crippen LogP contribution in [0.2, 0.25) is 39.3 Å². The Hall–Kier alpha value is -0.796. The van der Waals surface area contributed by atoms with Crippen molar-refractivity contribution in [3.63, 3.8) is 0 Å². The second kappa shape index (κ2) is 10.4. The van der Waals surface area contributed by atoms with Crippen LogP contribution in [0.3, 0.4) is 0 Å². The molecule has 0 saturated carbocycles. The summed E-state index contributed by atoms with van der Waals surface area (Å²) in [6.45, 7) is 35.3. The molecule has 0 unspecified atom stereocenters. The van der Waals surface area contributed by atoms with Gasteiger partial charge in [-0.15, -0.1) is 22.9 Å². The van der Waals surface area contributed by atoms with Gasteiger partial charge < -0.3 is 0 Å². The third kappa shape index (κ3) is 10.2. The highest BCUT2D eigenvalue weighted by Gasteiger charge is 2.32. The van der Waals surface area contributed by atoms with E-state index in [1.807, 2.05) is 0 Å². The van der Waals surface area contributed by atoms with E-state index in [4.69, 9.17) is 0 Å². The van der Waals surface area contributed by atoms with Crippen LogP contribution in [0.15, 0.2) is 12.1 Å². The highest BCUT2D eigenvalue weighted by atomic mass is 31.1. The van der Waals surface area contributed by atoms with Crippen LogP contribution < -0.4 is 5.30 Å². The van der Waals surface area contributed by atoms with Crippen molar-refractivity contribution >= 4 is 29.4 Å². The second-order valence-corrected chi connectivity index (χ2v) is 26.3. The first-order chi connectivity index (χ1) is 14.5. The molecule has 0 spiro atoms. The average Bonchev–Trinajstić information content (AvgIpc) is 2.54. The molecular weight excluding hydrogens is 447 g/mol. The van der Waals surface area contributed by atoms with E-state index >= 15 is 0 Å². The minimum Gasteiger partial charge on any atom is -0.132 e. The van der Waals surface area contributed by atoms with Gasteiger partial charge in [-0.05, 0) is 38.2 Å². The molecule has 184 valence electrons. The third-order valence-electron chi connectivity index (χ3n) is 5.37. The zero-order chi connectivity index (χ0) is 26.0. The maximum absolute atomic E-state index is 3.66. The first-order valence-corrected chi connectivity index (χ1v) is 21.2. The van der Waals surface area contributed by atoms with Crippen LogP contribution in [-0.4, -0.2) is 28.5 Å². The van der Waals surface area contributed by atoms with Crippen molar-refractivity contribution in [3.05, 3.63) is 28.8 Å². The van der Waals surface area contributed by atoms with E-state index in [9.17, 15) is 0 Å². The minimum absolute atomic E-state index is 0.0790. The molecule has 0 bridgehead atoms. The van der Waals surface area contributed by atoms with Crippen molar-refractivity contribution < 1.29 is 0 Å². The van der Waals surface area contributed by atoms with Crippen LogP contribution in [0.25, 0.3) is 0 Å². The number of hydrogen-bond acceptors (Lipinski definition) is 0. The smallest absolute Gasteiger partial charge is 0.129 e. The van der Waals surface area contributed by atoms with Gasteiger partial charge in [0, 0.05) is 12.3 Å². The molecule has 0 aliphatic rings. The van der Waals surface area contributed by atoms with Gasteiger partial charge in [-0.1, -0.05) is 122 Å². The first kappa shape index (κ1) is 30.2. The van der Waals surface area contributed by atoms with Gasteiger partial charge in [0.25, 0.3) is 0 Å². The predicted octanol–water partition coefficient (Wildman–Crippen LogP) is 8.45. The molecule has 33 heavy (non-hydrogen) atoms. The van der Waals surface area contributed by atoms with E-state index in [0.29, 0.717) is 0 Å². The summed E-state index contributed by atoms with van der Waals surface area (Å²) in [4.78, 5) is 0. The number of benzene rings is 1. The molecule has 0 saturated heterocycles. The molecule has 0 fully saturated rings. The Kier molecular flexibility index (Phi) is 9.57. The van der Waals surface area contributed by atoms with Gasteiger partial charge in [0.05, 0.1) is 0 Å². The standard InChI is InChI=1S/C30H51PSi2/c1-28(2,3)24-22-25(29(4,5)6)27(26(23-24)30(7,8)9)31(18-16-20-32(10,11)12)19-17-21-33(13,14)15/h22-23H,18-19H2,1-15H3. The maximum atomic E-state index is 3.66. The highest BCUT2D eigenvalue weighted by Crippen LogP contribution is 2.44. The zero-order valence-electron chi connectivity index (χ0n) is 24.5. The molecule has 0 aliphatic heterocycles. The van der Waals surface area contributed by atoms with Crippen molar-refractivity contribution in [1.29, 1.82) is 0 Å². The highest BCUT2D eigenvalue weighted by molar-refractivity contribution is 7.66. The molecule has 0 amide bonds. The molecule has 0 radical (unpaired) electrons. The van der Waals surface area contributed by atoms with Crippen molar-refractivity contribution in [2.75, 3.05) is 12.3 Å². The van der Waals surface area contributed by atoms with Crippen molar-refractivity contribution in [2.24, 2.45) is 0 Å². The van der Waals surface area contributed by atoms with Gasteiger partial charge in [0.2, 0.25) is 0 Å². The van der Waals surface area contributed by atoms with Crippen LogP contribution in [0.1, 0.15) is 79.0 Å². The summed E-state index contributed by atoms with van der Waals surface area (Å²) in [6, 6.07) is 5.02. The van der Waals surface area contributed by atoms with Gasteiger partial charge in [-0.25, -0.2) is 0 Å². The fourth-order valence-electron chi connectivity index (χ4n) is 3.57. The Bertz CT molecular complexity index is 875. The molecule has 3 heteroatoms. The topological polar surface area (TPSA) is 0 Å². The van der Waals surface area contributed by atoms with Crippen molar-refractivity contribution in [3.8, 4) is 22.9 Å². The Morgan fingerprint density at radius 2 is 0.939 bits per heavy atom. The molecule has 1 aromatic rings. The van der Waals surface area contributed by atoms with Gasteiger partial charge >= 0.3 is 0 Å². The average molecular weight is 499 g/mol. The Labute approximate surface area is 210 Å². The molecule has 1 aromatic carbocycles. The summed E-state index contributed by atoms with van der Waals surface area (Å²) < 4.78 is 0. The second-order valence-electron chi connectivity index (χ2n) is 14.6. The van der Waals surface area contributed by atoms with Gasteiger partial charge in [-0.2, -0.15) is 0 Å². The monoisotopic (exact) mass is 498 g/mol. The van der Waals surface area contributed by atoms with E-state index in [1.165, 1.54) is 16.7 Å². The molecule has 0 nitrogen and oxygen atoms in total. The lowest BCUT2D eigenvalue weighted by Crippen LogP contribution is -2.32. The summed E-state index contributed by atoms with van der Waals surface area (Å²) in [5.74, 6) is 7.32. The van der Waals surface area contributed by atoms with Gasteiger partial charge in [0.15, 0.2) is 0 Å². The van der Waals surface area contributed by atoms with Crippen molar-refractivity contribution in [2.45, 2.75) is 118 Å². The van der Waals surface area contributed by atoms with Crippen LogP contribution in [-0.2, 0) is 16.2 Å². The minimum atomic E-state index is -1.40. The molecular formula is C30H51PSi2. The summed E-state index contributed by atoms with van der Waals surface area (Å²) in [7, 11) is -3.28. The maximum Gasteiger partial charge on any atom is 0.129 e. The Morgan fingerprint density at radius 3 is 1.18 bits per heavy atom. The Balaban J connectivity index is 3.93. The van der Waals surface area contributed by atoms with E-state index < -0.39 is 24.1 Å². The fourth-order valence-corrected chi connectivity index (χ4v) is 7.55. The Morgan fingerprint density at radius 1 is 0.606 bits per heavy atom. The summed E-state index contributed by atoms with van der Waals surface area (Å²) in [5.41, 5.74) is 12.0. The molecule has 0 heterocycles. The van der Waals surface area contributed by atoms with E-state index in [0.717, 1.165) is 12.3 Å². The van der Waals surface area contributed by atoms with E-state index in [2.05, 4.69) is 137 Å². The number of rotatable bonds is 3. The van der Waals surface area contributed by atoms with Crippen LogP contribution in [0.5, 0.6) is 0 Å². The molecule has 0 N–H and O–H groups in total. The van der Waals surface area contributed by atoms with Crippen LogP contribution in [0.4, 0.5) is 0 Å². The number of hydrogen-bond donors (Lipinski definition) is 0. The summed E-state index contributed by atoms with van der Waals surface area (Å²) in [5, 5.41) is 1.58. The predicted molar refractivity (Wildman–Crippen MR) is 161 cm³/mol. The fraction of sp³-hybridized carbons (Fsp3) is 0.667. The van der Waals surface area contributed by atoms with Crippen LogP contribution in [0, 0.1) is 22.9 Å². The molecule has 0 aromatic heterocycles. The summed E-state index contributed by atoms with van der Waals surface area (Å²) in [6.07, 6.45) is 1.92. The summed E-state index contributed by atoms with van der Waals surface area (Å²) >= 11 is 0. The first-order valence-electron chi connectivity index (χ1n) is 12.5. The van der Waals surface area contributed by atoms with E-state index in [1.54, 1.807) is 5.30 Å². The zero-order valence-corrected chi connectivity index (χ0v) is 27.4. The van der Waals surface area contributed by atoms with Gasteiger partial charge in [-0.3, -0.25) is 0 Å². The SMILES string of the molecule is CC(C)(C)c1cc(C(C)(C)C)c(P(CC#C[Si](C)(C)C)CC#C[Si](C)(C)C)c(C(C)(C)C)c1. The lowest BCUT2D eigenvalue weighted by molar-refractivity contribution is 0.553. The molecule has 1 rings (SSSR count). The largest absolute Gasteiger partial charge is 0.132 e. The quantitative estimate of drug-likeness (QED) is 0.223. The lowest BCUT2D eigenvalue weighted by Gasteiger charge is -2.36. The van der Waals surface area contributed by atoms with Crippen LogP contribution >= 0.6 is 7.92 Å². The lowest BCUT2D eigenvalue weighted by atomic mass is 9.75. The molecule has 0 aliphatic carbocycles.